The van der Waals surface area contributed by atoms with E-state index in [1.165, 1.54) is 24.5 Å². The van der Waals surface area contributed by atoms with Crippen molar-refractivity contribution >= 4 is 16.9 Å². The van der Waals surface area contributed by atoms with Gasteiger partial charge in [0.05, 0.1) is 24.2 Å². The molecule has 1 saturated heterocycles. The average molecular weight is 386 g/mol. The Bertz CT molecular complexity index is 1020. The summed E-state index contributed by atoms with van der Waals surface area (Å²) in [7, 11) is 3.05. The molecule has 1 amide bonds. The van der Waals surface area contributed by atoms with Crippen LogP contribution in [-0.2, 0) is 23.6 Å². The van der Waals surface area contributed by atoms with Crippen molar-refractivity contribution in [3.05, 3.63) is 38.7 Å². The van der Waals surface area contributed by atoms with Gasteiger partial charge in [-0.3, -0.25) is 18.7 Å². The van der Waals surface area contributed by atoms with Gasteiger partial charge in [-0.2, -0.15) is 0 Å². The predicted octanol–water partition coefficient (Wildman–Crippen LogP) is 1.11. The molecule has 150 valence electrons. The zero-order chi connectivity index (χ0) is 19.8. The Kier molecular flexibility index (Phi) is 5.05. The molecule has 0 bridgehead atoms. The fourth-order valence-corrected chi connectivity index (χ4v) is 4.29. The van der Waals surface area contributed by atoms with Crippen LogP contribution in [0, 0.1) is 5.92 Å². The van der Waals surface area contributed by atoms with Crippen LogP contribution in [0.1, 0.15) is 43.9 Å². The third kappa shape index (κ3) is 3.37. The second-order valence-electron chi connectivity index (χ2n) is 7.87. The first-order valence-electron chi connectivity index (χ1n) is 9.91. The van der Waals surface area contributed by atoms with E-state index >= 15 is 0 Å². The van der Waals surface area contributed by atoms with E-state index in [-0.39, 0.29) is 17.6 Å². The lowest BCUT2D eigenvalue weighted by Gasteiger charge is -2.33. The van der Waals surface area contributed by atoms with Crippen LogP contribution in [0.4, 0.5) is 0 Å². The summed E-state index contributed by atoms with van der Waals surface area (Å²) in [5.74, 6) is 0.695. The molecule has 0 aromatic carbocycles. The van der Waals surface area contributed by atoms with Gasteiger partial charge < -0.3 is 9.64 Å². The monoisotopic (exact) mass is 386 g/mol. The number of aromatic nitrogens is 3. The third-order valence-electron chi connectivity index (χ3n) is 6.01. The van der Waals surface area contributed by atoms with Gasteiger partial charge in [0.2, 0.25) is 5.91 Å². The molecule has 4 rings (SSSR count). The van der Waals surface area contributed by atoms with Crippen LogP contribution in [0.15, 0.2) is 21.7 Å². The smallest absolute Gasteiger partial charge is 0.332 e. The molecule has 1 aliphatic carbocycles. The third-order valence-corrected chi connectivity index (χ3v) is 6.01. The topological polar surface area (TPSA) is 86.4 Å². The second-order valence-corrected chi connectivity index (χ2v) is 7.87. The van der Waals surface area contributed by atoms with Crippen LogP contribution in [0.2, 0.25) is 0 Å². The molecule has 3 heterocycles. The highest BCUT2D eigenvalue weighted by Gasteiger charge is 2.29. The van der Waals surface area contributed by atoms with Crippen LogP contribution in [0.25, 0.3) is 11.0 Å². The maximum absolute atomic E-state index is 12.7. The van der Waals surface area contributed by atoms with E-state index in [4.69, 9.17) is 4.74 Å². The Hall–Kier alpha value is -2.48. The summed E-state index contributed by atoms with van der Waals surface area (Å²) in [5.41, 5.74) is 0.188. The average Bonchev–Trinajstić information content (AvgIpc) is 3.23. The number of morpholine rings is 1. The van der Waals surface area contributed by atoms with Crippen molar-refractivity contribution in [2.75, 3.05) is 19.7 Å². The van der Waals surface area contributed by atoms with Crippen molar-refractivity contribution in [2.45, 2.75) is 38.2 Å². The molecule has 2 aliphatic rings. The molecule has 2 fully saturated rings. The van der Waals surface area contributed by atoms with Crippen LogP contribution >= 0.6 is 0 Å². The minimum absolute atomic E-state index is 0.183. The normalized spacial score (nSPS) is 20.8. The summed E-state index contributed by atoms with van der Waals surface area (Å²) in [4.78, 5) is 43.6. The van der Waals surface area contributed by atoms with E-state index in [2.05, 4.69) is 4.98 Å². The van der Waals surface area contributed by atoms with E-state index in [0.717, 1.165) is 17.4 Å². The van der Waals surface area contributed by atoms with Crippen LogP contribution in [0.5, 0.6) is 0 Å². The molecule has 1 unspecified atom stereocenters. The van der Waals surface area contributed by atoms with Gasteiger partial charge in [0.25, 0.3) is 5.56 Å². The number of pyridine rings is 1. The van der Waals surface area contributed by atoms with Gasteiger partial charge in [-0.1, -0.05) is 12.8 Å². The number of hydrogen-bond acceptors (Lipinski definition) is 5. The van der Waals surface area contributed by atoms with E-state index < -0.39 is 5.69 Å². The molecule has 1 aliphatic heterocycles. The van der Waals surface area contributed by atoms with Crippen molar-refractivity contribution in [1.82, 2.24) is 19.0 Å². The number of amides is 1. The van der Waals surface area contributed by atoms with Crippen molar-refractivity contribution in [2.24, 2.45) is 20.0 Å². The van der Waals surface area contributed by atoms with E-state index in [0.29, 0.717) is 48.8 Å². The second kappa shape index (κ2) is 7.50. The molecule has 1 atom stereocenters. The van der Waals surface area contributed by atoms with E-state index in [9.17, 15) is 14.4 Å². The molecule has 2 aromatic rings. The zero-order valence-electron chi connectivity index (χ0n) is 16.4. The summed E-state index contributed by atoms with van der Waals surface area (Å²) in [6, 6.07) is 3.44. The number of rotatable bonds is 3. The predicted molar refractivity (Wildman–Crippen MR) is 104 cm³/mol. The summed E-state index contributed by atoms with van der Waals surface area (Å²) in [6.07, 6.45) is 5.00. The van der Waals surface area contributed by atoms with Gasteiger partial charge in [-0.25, -0.2) is 9.78 Å². The zero-order valence-corrected chi connectivity index (χ0v) is 16.4. The maximum atomic E-state index is 12.7. The van der Waals surface area contributed by atoms with Gasteiger partial charge in [-0.05, 0) is 30.9 Å². The van der Waals surface area contributed by atoms with Crippen molar-refractivity contribution in [3.8, 4) is 0 Å². The molecule has 8 nitrogen and oxygen atoms in total. The summed E-state index contributed by atoms with van der Waals surface area (Å²) < 4.78 is 8.30. The van der Waals surface area contributed by atoms with Crippen molar-refractivity contribution in [1.29, 1.82) is 0 Å². The highest BCUT2D eigenvalue weighted by molar-refractivity contribution is 5.77. The van der Waals surface area contributed by atoms with Gasteiger partial charge in [0.15, 0.2) is 0 Å². The number of hydrogen-bond donors (Lipinski definition) is 0. The van der Waals surface area contributed by atoms with Crippen LogP contribution < -0.4 is 11.2 Å². The first kappa shape index (κ1) is 18.9. The van der Waals surface area contributed by atoms with Crippen molar-refractivity contribution in [3.63, 3.8) is 0 Å². The quantitative estimate of drug-likeness (QED) is 0.789. The summed E-state index contributed by atoms with van der Waals surface area (Å²) in [5, 5.41) is 0.387. The molecular weight excluding hydrogens is 360 g/mol. The fraction of sp³-hybridized carbons (Fsp3) is 0.600. The lowest BCUT2D eigenvalue weighted by molar-refractivity contribution is -0.140. The van der Waals surface area contributed by atoms with Gasteiger partial charge in [0.1, 0.15) is 11.8 Å². The first-order chi connectivity index (χ1) is 13.5. The first-order valence-corrected chi connectivity index (χ1v) is 9.91. The van der Waals surface area contributed by atoms with Crippen molar-refractivity contribution < 1.29 is 9.53 Å². The van der Waals surface area contributed by atoms with Crippen LogP contribution in [-0.4, -0.2) is 44.6 Å². The number of aryl methyl sites for hydroxylation is 1. The highest BCUT2D eigenvalue weighted by Crippen LogP contribution is 2.29. The largest absolute Gasteiger partial charge is 0.368 e. The molecule has 1 saturated carbocycles. The number of ether oxygens (including phenoxy) is 1. The summed E-state index contributed by atoms with van der Waals surface area (Å²) in [6.45, 7) is 1.49. The number of carbonyl (C=O) groups is 1. The number of fused-ring (bicyclic) bond motifs is 1. The van der Waals surface area contributed by atoms with Gasteiger partial charge in [-0.15, -0.1) is 0 Å². The van der Waals surface area contributed by atoms with E-state index in [1.54, 1.807) is 19.2 Å². The standard InChI is InChI=1S/C20H26N4O4/c1-22-18-14(19(26)23(2)20(22)27)7-8-15(21-18)16-12-24(9-10-28-16)17(25)11-13-5-3-4-6-13/h7-8,13,16H,3-6,9-12H2,1-2H3. The minimum Gasteiger partial charge on any atom is -0.368 e. The van der Waals surface area contributed by atoms with E-state index in [1.807, 2.05) is 4.90 Å². The lowest BCUT2D eigenvalue weighted by Crippen LogP contribution is -2.43. The molecule has 8 heteroatoms. The Morgan fingerprint density at radius 2 is 1.93 bits per heavy atom. The molecular formula is C20H26N4O4. The lowest BCUT2D eigenvalue weighted by atomic mass is 10.0. The molecule has 28 heavy (non-hydrogen) atoms. The molecule has 2 aromatic heterocycles. The minimum atomic E-state index is -0.417. The fourth-order valence-electron chi connectivity index (χ4n) is 4.29. The Morgan fingerprint density at radius 1 is 1.18 bits per heavy atom. The molecule has 0 N–H and O–H groups in total. The number of nitrogens with zero attached hydrogens (tertiary/aromatic N) is 4. The Balaban J connectivity index is 1.58. The molecule has 0 spiro atoms. The summed E-state index contributed by atoms with van der Waals surface area (Å²) >= 11 is 0. The Morgan fingerprint density at radius 3 is 2.68 bits per heavy atom. The van der Waals surface area contributed by atoms with Gasteiger partial charge in [0, 0.05) is 27.1 Å². The SMILES string of the molecule is Cn1c(=O)c2ccc(C3CN(C(=O)CC4CCCC4)CCO3)nc2n(C)c1=O. The highest BCUT2D eigenvalue weighted by atomic mass is 16.5. The number of carbonyl (C=O) groups excluding carboxylic acids is 1. The molecule has 0 radical (unpaired) electrons. The maximum Gasteiger partial charge on any atom is 0.332 e. The van der Waals surface area contributed by atoms with Gasteiger partial charge >= 0.3 is 5.69 Å². The van der Waals surface area contributed by atoms with Crippen LogP contribution in [0.3, 0.4) is 0 Å². The Labute approximate surface area is 162 Å².